The van der Waals surface area contributed by atoms with Crippen molar-refractivity contribution in [2.45, 2.75) is 11.2 Å². The van der Waals surface area contributed by atoms with Gasteiger partial charge in [0.15, 0.2) is 11.2 Å². The SMILES string of the molecule is C1=CC(c2ccccc2)(c2ccc(-c3ccc(C4(c5ccccc5)C=Cc5c(ccc6ccccc56)O4)s3)s2)Oc2ccc3ccccc3c21. The highest BCUT2D eigenvalue weighted by molar-refractivity contribution is 7.22. The van der Waals surface area contributed by atoms with Crippen molar-refractivity contribution in [2.24, 2.45) is 0 Å². The van der Waals surface area contributed by atoms with Gasteiger partial charge in [0.25, 0.3) is 0 Å². The molecule has 0 radical (unpaired) electrons. The predicted octanol–water partition coefficient (Wildman–Crippen LogP) is 12.5. The van der Waals surface area contributed by atoms with Crippen LogP contribution in [0.5, 0.6) is 11.5 Å². The summed E-state index contributed by atoms with van der Waals surface area (Å²) in [5.74, 6) is 1.78. The number of benzene rings is 6. The van der Waals surface area contributed by atoms with Gasteiger partial charge in [-0.2, -0.15) is 0 Å². The highest BCUT2D eigenvalue weighted by Gasteiger charge is 2.41. The Morgan fingerprint density at radius 1 is 0.380 bits per heavy atom. The number of hydrogen-bond acceptors (Lipinski definition) is 4. The van der Waals surface area contributed by atoms with Gasteiger partial charge in [0.2, 0.25) is 0 Å². The molecule has 2 aromatic heterocycles. The summed E-state index contributed by atoms with van der Waals surface area (Å²) in [4.78, 5) is 4.66. The van der Waals surface area contributed by atoms with Crippen molar-refractivity contribution in [3.8, 4) is 21.3 Å². The Kier molecular flexibility index (Phi) is 6.70. The van der Waals surface area contributed by atoms with E-state index in [1.807, 2.05) is 0 Å². The first-order valence-corrected chi connectivity index (χ1v) is 18.5. The van der Waals surface area contributed by atoms with E-state index in [0.717, 1.165) is 43.5 Å². The zero-order valence-corrected chi connectivity index (χ0v) is 28.6. The average molecular weight is 679 g/mol. The lowest BCUT2D eigenvalue weighted by Gasteiger charge is -2.35. The molecule has 6 aromatic carbocycles. The van der Waals surface area contributed by atoms with Gasteiger partial charge >= 0.3 is 0 Å². The molecule has 4 heteroatoms. The van der Waals surface area contributed by atoms with Crippen molar-refractivity contribution in [1.82, 2.24) is 0 Å². The van der Waals surface area contributed by atoms with Gasteiger partial charge in [-0.1, -0.05) is 121 Å². The summed E-state index contributed by atoms with van der Waals surface area (Å²) in [5, 5.41) is 4.81. The summed E-state index contributed by atoms with van der Waals surface area (Å²) in [7, 11) is 0. The summed E-state index contributed by atoms with van der Waals surface area (Å²) in [5.41, 5.74) is 2.96. The summed E-state index contributed by atoms with van der Waals surface area (Å²) >= 11 is 3.57. The van der Waals surface area contributed by atoms with E-state index in [9.17, 15) is 0 Å². The van der Waals surface area contributed by atoms with E-state index in [4.69, 9.17) is 9.47 Å². The van der Waals surface area contributed by atoms with Crippen LogP contribution in [0.1, 0.15) is 32.0 Å². The van der Waals surface area contributed by atoms with Crippen molar-refractivity contribution < 1.29 is 9.47 Å². The summed E-state index contributed by atoms with van der Waals surface area (Å²) in [6, 6.07) is 55.6. The van der Waals surface area contributed by atoms with Gasteiger partial charge < -0.3 is 9.47 Å². The largest absolute Gasteiger partial charge is 0.472 e. The molecular weight excluding hydrogens is 649 g/mol. The molecule has 4 heterocycles. The normalized spacial score (nSPS) is 19.1. The summed E-state index contributed by atoms with van der Waals surface area (Å²) in [6.45, 7) is 0. The van der Waals surface area contributed by atoms with Crippen LogP contribution in [0.4, 0.5) is 0 Å². The Morgan fingerprint density at radius 3 is 1.26 bits per heavy atom. The maximum Gasteiger partial charge on any atom is 0.187 e. The quantitative estimate of drug-likeness (QED) is 0.180. The van der Waals surface area contributed by atoms with Gasteiger partial charge in [-0.05, 0) is 82.2 Å². The number of hydrogen-bond donors (Lipinski definition) is 0. The molecule has 0 aliphatic carbocycles. The molecule has 0 saturated heterocycles. The minimum absolute atomic E-state index is 0.743. The third-order valence-electron chi connectivity index (χ3n) is 9.96. The van der Waals surface area contributed by atoms with Gasteiger partial charge in [0.05, 0.1) is 9.75 Å². The Balaban J connectivity index is 1.06. The molecule has 0 N–H and O–H groups in total. The maximum atomic E-state index is 7.08. The van der Waals surface area contributed by atoms with Crippen LogP contribution in [-0.4, -0.2) is 0 Å². The van der Waals surface area contributed by atoms with Crippen molar-refractivity contribution >= 4 is 56.4 Å². The number of fused-ring (bicyclic) bond motifs is 6. The Hall–Kier alpha value is -5.68. The first kappa shape index (κ1) is 29.3. The van der Waals surface area contributed by atoms with E-state index in [1.54, 1.807) is 22.7 Å². The molecule has 50 heavy (non-hydrogen) atoms. The molecule has 0 amide bonds. The average Bonchev–Trinajstić information content (AvgIpc) is 3.90. The molecule has 2 aliphatic rings. The van der Waals surface area contributed by atoms with Crippen LogP contribution in [0.25, 0.3) is 43.5 Å². The first-order chi connectivity index (χ1) is 24.7. The van der Waals surface area contributed by atoms with Crippen molar-refractivity contribution in [2.75, 3.05) is 0 Å². The van der Waals surface area contributed by atoms with Crippen molar-refractivity contribution in [3.63, 3.8) is 0 Å². The number of thiophene rings is 2. The van der Waals surface area contributed by atoms with E-state index in [1.165, 1.54) is 31.3 Å². The van der Waals surface area contributed by atoms with Crippen LogP contribution in [0.15, 0.2) is 170 Å². The van der Waals surface area contributed by atoms with Crippen LogP contribution < -0.4 is 9.47 Å². The van der Waals surface area contributed by atoms with Crippen molar-refractivity contribution in [1.29, 1.82) is 0 Å². The van der Waals surface area contributed by atoms with Crippen LogP contribution >= 0.6 is 22.7 Å². The lowest BCUT2D eigenvalue weighted by molar-refractivity contribution is 0.165. The molecule has 10 rings (SSSR count). The summed E-state index contributed by atoms with van der Waals surface area (Å²) < 4.78 is 14.2. The molecule has 2 aliphatic heterocycles. The minimum Gasteiger partial charge on any atom is -0.472 e. The molecule has 238 valence electrons. The monoisotopic (exact) mass is 678 g/mol. The second-order valence-corrected chi connectivity index (χ2v) is 15.0. The second-order valence-electron chi connectivity index (χ2n) is 12.8. The predicted molar refractivity (Wildman–Crippen MR) is 209 cm³/mol. The van der Waals surface area contributed by atoms with Gasteiger partial charge in [0, 0.05) is 32.0 Å². The topological polar surface area (TPSA) is 18.5 Å². The van der Waals surface area contributed by atoms with E-state index in [-0.39, 0.29) is 0 Å². The van der Waals surface area contributed by atoms with Crippen LogP contribution in [-0.2, 0) is 11.2 Å². The molecule has 0 spiro atoms. The standard InChI is InChI=1S/C46H30O2S2/c1-3-13-33(14-4-1)45(29-27-37-35-17-9-7-11-31(35)19-21-39(37)47-45)43-25-23-41(49-43)42-24-26-44(50-42)46(34-15-5-2-6-16-34)30-28-38-36-18-10-8-12-32(36)20-22-40(38)48-46/h1-30H. The lowest BCUT2D eigenvalue weighted by Crippen LogP contribution is -2.33. The van der Waals surface area contributed by atoms with Gasteiger partial charge in [-0.25, -0.2) is 0 Å². The van der Waals surface area contributed by atoms with E-state index >= 15 is 0 Å². The maximum absolute atomic E-state index is 7.08. The smallest absolute Gasteiger partial charge is 0.187 e. The van der Waals surface area contributed by atoms with E-state index in [0.29, 0.717) is 0 Å². The number of rotatable bonds is 5. The van der Waals surface area contributed by atoms with Gasteiger partial charge in [-0.15, -0.1) is 22.7 Å². The van der Waals surface area contributed by atoms with E-state index < -0.39 is 11.2 Å². The fraction of sp³-hybridized carbons (Fsp3) is 0.0435. The third-order valence-corrected chi connectivity index (χ3v) is 12.6. The van der Waals surface area contributed by atoms with Crippen LogP contribution in [0.3, 0.4) is 0 Å². The molecule has 8 aromatic rings. The Bertz CT molecular complexity index is 2430. The molecule has 2 unspecified atom stereocenters. The molecule has 0 bridgehead atoms. The molecule has 2 nitrogen and oxygen atoms in total. The van der Waals surface area contributed by atoms with Crippen LogP contribution in [0.2, 0.25) is 0 Å². The molecule has 0 fully saturated rings. The molecular formula is C46H30O2S2. The Labute approximate surface area is 298 Å². The Morgan fingerprint density at radius 2 is 0.800 bits per heavy atom. The van der Waals surface area contributed by atoms with E-state index in [2.05, 4.69) is 182 Å². The van der Waals surface area contributed by atoms with Gasteiger partial charge in [0.1, 0.15) is 11.5 Å². The second kappa shape index (κ2) is 11.4. The molecule has 2 atom stereocenters. The minimum atomic E-state index is -0.743. The first-order valence-electron chi connectivity index (χ1n) is 16.8. The number of ether oxygens (including phenoxy) is 2. The third kappa shape index (κ3) is 4.53. The zero-order chi connectivity index (χ0) is 33.1. The fourth-order valence-electron chi connectivity index (χ4n) is 7.46. The fourth-order valence-corrected chi connectivity index (χ4v) is 9.82. The highest BCUT2D eigenvalue weighted by Crippen LogP contribution is 2.50. The van der Waals surface area contributed by atoms with Gasteiger partial charge in [-0.3, -0.25) is 0 Å². The summed E-state index contributed by atoms with van der Waals surface area (Å²) in [6.07, 6.45) is 8.96. The highest BCUT2D eigenvalue weighted by atomic mass is 32.1. The van der Waals surface area contributed by atoms with Crippen molar-refractivity contribution in [3.05, 3.63) is 202 Å². The van der Waals surface area contributed by atoms with Crippen LogP contribution in [0, 0.1) is 0 Å². The molecule has 0 saturated carbocycles. The lowest BCUT2D eigenvalue weighted by atomic mass is 9.87. The zero-order valence-electron chi connectivity index (χ0n) is 27.0.